The van der Waals surface area contributed by atoms with Crippen molar-refractivity contribution in [3.05, 3.63) is 29.5 Å². The highest BCUT2D eigenvalue weighted by Crippen LogP contribution is 2.23. The normalized spacial score (nSPS) is 10.2. The molecule has 0 bridgehead atoms. The molecule has 13 heavy (non-hydrogen) atoms. The van der Waals surface area contributed by atoms with Crippen LogP contribution >= 0.6 is 11.3 Å². The number of rotatable bonds is 2. The van der Waals surface area contributed by atoms with Gasteiger partial charge in [-0.3, -0.25) is 0 Å². The zero-order chi connectivity index (χ0) is 9.26. The fourth-order valence-electron chi connectivity index (χ4n) is 0.885. The van der Waals surface area contributed by atoms with E-state index >= 15 is 0 Å². The first kappa shape index (κ1) is 8.00. The predicted molar refractivity (Wildman–Crippen MR) is 46.8 cm³/mol. The lowest BCUT2D eigenvalue weighted by atomic mass is 10.4. The summed E-state index contributed by atoms with van der Waals surface area (Å²) in [6, 6.07) is 3.47. The molecule has 0 unspecified atom stereocenters. The number of furan rings is 1. The molecule has 0 aromatic carbocycles. The second kappa shape index (κ2) is 3.02. The molecule has 2 rings (SSSR count). The lowest BCUT2D eigenvalue weighted by molar-refractivity contribution is 0.0691. The number of thiazole rings is 1. The molecule has 4 nitrogen and oxygen atoms in total. The third kappa shape index (κ3) is 1.46. The van der Waals surface area contributed by atoms with Gasteiger partial charge in [-0.2, -0.15) is 0 Å². The summed E-state index contributed by atoms with van der Waals surface area (Å²) >= 11 is 1.25. The van der Waals surface area contributed by atoms with Crippen LogP contribution in [0.25, 0.3) is 10.8 Å². The van der Waals surface area contributed by atoms with Crippen molar-refractivity contribution in [2.24, 2.45) is 0 Å². The number of hydrogen-bond donors (Lipinski definition) is 1. The van der Waals surface area contributed by atoms with Gasteiger partial charge >= 0.3 is 5.97 Å². The van der Waals surface area contributed by atoms with E-state index in [1.807, 2.05) is 0 Å². The molecule has 2 heterocycles. The lowest BCUT2D eigenvalue weighted by Crippen LogP contribution is -1.95. The summed E-state index contributed by atoms with van der Waals surface area (Å²) in [5.41, 5.74) is 0.0522. The number of aromatic carboxylic acids is 1. The standard InChI is InChI=1S/C8H5NO3S/c10-8(11)5-4-13-7(9-5)6-2-1-3-12-6/h1-4H,(H,10,11). The van der Waals surface area contributed by atoms with Gasteiger partial charge in [0.15, 0.2) is 16.5 Å². The van der Waals surface area contributed by atoms with Crippen molar-refractivity contribution in [2.45, 2.75) is 0 Å². The van der Waals surface area contributed by atoms with E-state index in [9.17, 15) is 4.79 Å². The van der Waals surface area contributed by atoms with Gasteiger partial charge in [0, 0.05) is 5.38 Å². The van der Waals surface area contributed by atoms with Gasteiger partial charge in [-0.15, -0.1) is 11.3 Å². The van der Waals surface area contributed by atoms with Crippen molar-refractivity contribution in [2.75, 3.05) is 0 Å². The van der Waals surface area contributed by atoms with Crippen molar-refractivity contribution in [3.8, 4) is 10.8 Å². The van der Waals surface area contributed by atoms with E-state index in [1.165, 1.54) is 23.0 Å². The molecule has 0 saturated heterocycles. The Bertz CT molecular complexity index is 418. The maximum absolute atomic E-state index is 10.5. The van der Waals surface area contributed by atoms with E-state index in [0.29, 0.717) is 10.8 Å². The monoisotopic (exact) mass is 195 g/mol. The Kier molecular flexibility index (Phi) is 1.86. The Morgan fingerprint density at radius 2 is 2.46 bits per heavy atom. The van der Waals surface area contributed by atoms with Crippen molar-refractivity contribution in [3.63, 3.8) is 0 Å². The molecule has 1 N–H and O–H groups in total. The molecule has 0 amide bonds. The Morgan fingerprint density at radius 3 is 3.00 bits per heavy atom. The molecular weight excluding hydrogens is 190 g/mol. The van der Waals surface area contributed by atoms with Gasteiger partial charge in [0.05, 0.1) is 6.26 Å². The minimum Gasteiger partial charge on any atom is -0.476 e. The highest BCUT2D eigenvalue weighted by molar-refractivity contribution is 7.13. The number of aromatic nitrogens is 1. The van der Waals surface area contributed by atoms with E-state index in [-0.39, 0.29) is 5.69 Å². The van der Waals surface area contributed by atoms with Gasteiger partial charge < -0.3 is 9.52 Å². The summed E-state index contributed by atoms with van der Waals surface area (Å²) in [5.74, 6) is -0.424. The molecule has 0 aliphatic carbocycles. The maximum Gasteiger partial charge on any atom is 0.355 e. The minimum atomic E-state index is -1.02. The topological polar surface area (TPSA) is 63.3 Å². The van der Waals surface area contributed by atoms with Gasteiger partial charge in [-0.05, 0) is 12.1 Å². The number of carboxylic acid groups (broad SMARTS) is 1. The minimum absolute atomic E-state index is 0.0522. The summed E-state index contributed by atoms with van der Waals surface area (Å²) in [4.78, 5) is 14.4. The van der Waals surface area contributed by atoms with Crippen LogP contribution in [0.4, 0.5) is 0 Å². The van der Waals surface area contributed by atoms with E-state index < -0.39 is 5.97 Å². The van der Waals surface area contributed by atoms with E-state index in [1.54, 1.807) is 12.1 Å². The van der Waals surface area contributed by atoms with Crippen LogP contribution in [0, 0.1) is 0 Å². The lowest BCUT2D eigenvalue weighted by Gasteiger charge is -1.85. The van der Waals surface area contributed by atoms with Crippen LogP contribution in [0.2, 0.25) is 0 Å². The molecule has 0 atom stereocenters. The number of carbonyl (C=O) groups is 1. The van der Waals surface area contributed by atoms with Gasteiger partial charge in [-0.1, -0.05) is 0 Å². The highest BCUT2D eigenvalue weighted by Gasteiger charge is 2.10. The van der Waals surface area contributed by atoms with Gasteiger partial charge in [0.1, 0.15) is 0 Å². The number of nitrogens with zero attached hydrogens (tertiary/aromatic N) is 1. The molecule has 2 aromatic heterocycles. The summed E-state index contributed by atoms with van der Waals surface area (Å²) in [5, 5.41) is 10.7. The smallest absolute Gasteiger partial charge is 0.355 e. The quantitative estimate of drug-likeness (QED) is 0.797. The molecule has 0 fully saturated rings. The molecular formula is C8H5NO3S. The summed E-state index contributed by atoms with van der Waals surface area (Å²) < 4.78 is 5.07. The van der Waals surface area contributed by atoms with Crippen LogP contribution in [0.15, 0.2) is 28.2 Å². The second-order valence-electron chi connectivity index (χ2n) is 2.32. The zero-order valence-corrected chi connectivity index (χ0v) is 7.25. The summed E-state index contributed by atoms with van der Waals surface area (Å²) in [6.07, 6.45) is 1.52. The number of hydrogen-bond acceptors (Lipinski definition) is 4. The van der Waals surface area contributed by atoms with Crippen molar-refractivity contribution in [1.29, 1.82) is 0 Å². The SMILES string of the molecule is O=C(O)c1csc(-c2ccco2)n1. The molecule has 0 saturated carbocycles. The first-order chi connectivity index (χ1) is 6.27. The zero-order valence-electron chi connectivity index (χ0n) is 6.43. The van der Waals surface area contributed by atoms with Gasteiger partial charge in [0.25, 0.3) is 0 Å². The highest BCUT2D eigenvalue weighted by atomic mass is 32.1. The second-order valence-corrected chi connectivity index (χ2v) is 3.18. The van der Waals surface area contributed by atoms with Crippen LogP contribution in [0.1, 0.15) is 10.5 Å². The van der Waals surface area contributed by atoms with Crippen LogP contribution in [-0.4, -0.2) is 16.1 Å². The third-order valence-electron chi connectivity index (χ3n) is 1.46. The summed E-state index contributed by atoms with van der Waals surface area (Å²) in [6.45, 7) is 0. The first-order valence-electron chi connectivity index (χ1n) is 3.50. The van der Waals surface area contributed by atoms with Crippen molar-refractivity contribution < 1.29 is 14.3 Å². The predicted octanol–water partition coefficient (Wildman–Crippen LogP) is 2.10. The van der Waals surface area contributed by atoms with E-state index in [4.69, 9.17) is 9.52 Å². The average molecular weight is 195 g/mol. The van der Waals surface area contributed by atoms with Crippen LogP contribution < -0.4 is 0 Å². The number of carboxylic acids is 1. The molecule has 66 valence electrons. The van der Waals surface area contributed by atoms with Crippen LogP contribution in [0.5, 0.6) is 0 Å². The first-order valence-corrected chi connectivity index (χ1v) is 4.38. The Morgan fingerprint density at radius 1 is 1.62 bits per heavy atom. The molecule has 0 aliphatic heterocycles. The molecule has 5 heteroatoms. The van der Waals surface area contributed by atoms with E-state index in [2.05, 4.69) is 4.98 Å². The Hall–Kier alpha value is -1.62. The van der Waals surface area contributed by atoms with Crippen LogP contribution in [-0.2, 0) is 0 Å². The fourth-order valence-corrected chi connectivity index (χ4v) is 1.65. The van der Waals surface area contributed by atoms with E-state index in [0.717, 1.165) is 0 Å². The average Bonchev–Trinajstić information content (AvgIpc) is 2.75. The largest absolute Gasteiger partial charge is 0.476 e. The Balaban J connectivity index is 2.39. The van der Waals surface area contributed by atoms with Crippen LogP contribution in [0.3, 0.4) is 0 Å². The maximum atomic E-state index is 10.5. The molecule has 0 aliphatic rings. The molecule has 0 spiro atoms. The Labute approximate surface area is 77.5 Å². The molecule has 2 aromatic rings. The fraction of sp³-hybridized carbons (Fsp3) is 0. The van der Waals surface area contributed by atoms with Gasteiger partial charge in [0.2, 0.25) is 0 Å². The third-order valence-corrected chi connectivity index (χ3v) is 2.31. The summed E-state index contributed by atoms with van der Waals surface area (Å²) in [7, 11) is 0. The van der Waals surface area contributed by atoms with Crippen molar-refractivity contribution >= 4 is 17.3 Å². The van der Waals surface area contributed by atoms with Crippen molar-refractivity contribution in [1.82, 2.24) is 4.98 Å². The molecule has 0 radical (unpaired) electrons. The van der Waals surface area contributed by atoms with Gasteiger partial charge in [-0.25, -0.2) is 9.78 Å².